The zero-order chi connectivity index (χ0) is 18.3. The smallest absolute Gasteiger partial charge is 0.259 e. The average Bonchev–Trinajstić information content (AvgIpc) is 2.94. The van der Waals surface area contributed by atoms with Crippen molar-refractivity contribution in [3.8, 4) is 0 Å². The van der Waals surface area contributed by atoms with Crippen molar-refractivity contribution in [1.29, 1.82) is 0 Å². The van der Waals surface area contributed by atoms with Gasteiger partial charge in [-0.15, -0.1) is 11.3 Å². The largest absolute Gasteiger partial charge is 0.309 e. The van der Waals surface area contributed by atoms with Crippen LogP contribution in [0.2, 0.25) is 5.02 Å². The zero-order valence-corrected chi connectivity index (χ0v) is 16.6. The topological polar surface area (TPSA) is 49.0 Å². The molecule has 1 aliphatic carbocycles. The van der Waals surface area contributed by atoms with Gasteiger partial charge in [0.05, 0.1) is 11.9 Å². The molecule has 3 aromatic rings. The minimum atomic E-state index is 0.00296. The Balaban J connectivity index is 1.59. The molecule has 136 valence electrons. The highest BCUT2D eigenvalue weighted by Gasteiger charge is 2.23. The van der Waals surface area contributed by atoms with Crippen LogP contribution in [0.4, 0.5) is 0 Å². The Bertz CT molecular complexity index is 1010. The van der Waals surface area contributed by atoms with Crippen molar-refractivity contribution in [2.75, 3.05) is 7.05 Å². The number of rotatable bonds is 4. The summed E-state index contributed by atoms with van der Waals surface area (Å²) in [5, 5.41) is 1.57. The van der Waals surface area contributed by atoms with Gasteiger partial charge in [-0.05, 0) is 49.4 Å². The maximum absolute atomic E-state index is 12.7. The number of hydrogen-bond donors (Lipinski definition) is 1. The van der Waals surface area contributed by atoms with Crippen molar-refractivity contribution in [3.63, 3.8) is 0 Å². The fourth-order valence-electron chi connectivity index (χ4n) is 3.70. The number of aryl methyl sites for hydroxylation is 1. The third-order valence-corrected chi connectivity index (χ3v) is 6.55. The molecule has 1 aliphatic rings. The van der Waals surface area contributed by atoms with Gasteiger partial charge in [0, 0.05) is 16.4 Å². The van der Waals surface area contributed by atoms with Gasteiger partial charge < -0.3 is 4.98 Å². The molecule has 1 atom stereocenters. The fourth-order valence-corrected chi connectivity index (χ4v) is 5.30. The maximum Gasteiger partial charge on any atom is 0.259 e. The number of H-pyrrole nitrogens is 1. The number of thiophene rings is 1. The number of nitrogens with zero attached hydrogens (tertiary/aromatic N) is 2. The van der Waals surface area contributed by atoms with Crippen LogP contribution in [-0.2, 0) is 25.9 Å². The summed E-state index contributed by atoms with van der Waals surface area (Å²) in [6.45, 7) is 3.56. The van der Waals surface area contributed by atoms with E-state index in [2.05, 4.69) is 16.8 Å². The highest BCUT2D eigenvalue weighted by molar-refractivity contribution is 7.18. The van der Waals surface area contributed by atoms with E-state index in [9.17, 15) is 4.79 Å². The van der Waals surface area contributed by atoms with Gasteiger partial charge >= 0.3 is 0 Å². The molecule has 0 fully saturated rings. The van der Waals surface area contributed by atoms with Crippen LogP contribution in [0.1, 0.15) is 35.2 Å². The second kappa shape index (κ2) is 7.14. The molecule has 6 heteroatoms. The predicted molar refractivity (Wildman–Crippen MR) is 108 cm³/mol. The summed E-state index contributed by atoms with van der Waals surface area (Å²) in [5.74, 6) is 1.40. The lowest BCUT2D eigenvalue weighted by Gasteiger charge is -2.17. The lowest BCUT2D eigenvalue weighted by atomic mass is 9.89. The lowest BCUT2D eigenvalue weighted by molar-refractivity contribution is 0.311. The first kappa shape index (κ1) is 17.7. The number of nitrogens with one attached hydrogen (secondary N) is 1. The highest BCUT2D eigenvalue weighted by Crippen LogP contribution is 2.35. The van der Waals surface area contributed by atoms with Gasteiger partial charge in [-0.1, -0.05) is 36.7 Å². The van der Waals surface area contributed by atoms with E-state index in [-0.39, 0.29) is 5.56 Å². The Labute approximate surface area is 161 Å². The van der Waals surface area contributed by atoms with E-state index in [4.69, 9.17) is 16.6 Å². The first-order valence-electron chi connectivity index (χ1n) is 8.96. The number of benzene rings is 1. The zero-order valence-electron chi connectivity index (χ0n) is 15.0. The lowest BCUT2D eigenvalue weighted by Crippen LogP contribution is -2.22. The number of halogens is 1. The Morgan fingerprint density at radius 2 is 2.15 bits per heavy atom. The fraction of sp³-hybridized carbons (Fsp3) is 0.400. The molecule has 2 aromatic heterocycles. The number of aromatic nitrogens is 2. The summed E-state index contributed by atoms with van der Waals surface area (Å²) in [6, 6.07) is 7.83. The molecule has 0 aliphatic heterocycles. The minimum absolute atomic E-state index is 0.00296. The van der Waals surface area contributed by atoms with Crippen molar-refractivity contribution in [2.45, 2.75) is 39.3 Å². The van der Waals surface area contributed by atoms with E-state index in [0.29, 0.717) is 24.8 Å². The Hall–Kier alpha value is -1.69. The number of hydrogen-bond acceptors (Lipinski definition) is 4. The molecule has 0 radical (unpaired) electrons. The molecular formula is C20H22ClN3OS. The molecule has 4 rings (SSSR count). The van der Waals surface area contributed by atoms with Crippen LogP contribution in [0, 0.1) is 5.92 Å². The van der Waals surface area contributed by atoms with E-state index in [1.807, 2.05) is 31.3 Å². The van der Waals surface area contributed by atoms with E-state index in [1.165, 1.54) is 10.4 Å². The molecule has 0 spiro atoms. The van der Waals surface area contributed by atoms with Gasteiger partial charge in [-0.3, -0.25) is 9.69 Å². The molecule has 4 nitrogen and oxygen atoms in total. The molecule has 2 heterocycles. The quantitative estimate of drug-likeness (QED) is 0.722. The van der Waals surface area contributed by atoms with Gasteiger partial charge in [-0.25, -0.2) is 4.98 Å². The van der Waals surface area contributed by atoms with Crippen molar-refractivity contribution >= 4 is 33.2 Å². The first-order chi connectivity index (χ1) is 12.5. The maximum atomic E-state index is 12.7. The van der Waals surface area contributed by atoms with E-state index in [1.54, 1.807) is 11.3 Å². The van der Waals surface area contributed by atoms with E-state index in [0.717, 1.165) is 40.1 Å². The Morgan fingerprint density at radius 1 is 1.35 bits per heavy atom. The van der Waals surface area contributed by atoms with Crippen molar-refractivity contribution in [3.05, 3.63) is 61.5 Å². The summed E-state index contributed by atoms with van der Waals surface area (Å²) in [6.07, 6.45) is 3.21. The van der Waals surface area contributed by atoms with Crippen LogP contribution in [-0.4, -0.2) is 21.9 Å². The second-order valence-corrected chi connectivity index (χ2v) is 8.80. The van der Waals surface area contributed by atoms with Gasteiger partial charge in [0.1, 0.15) is 10.7 Å². The van der Waals surface area contributed by atoms with Crippen molar-refractivity contribution in [2.24, 2.45) is 5.92 Å². The van der Waals surface area contributed by atoms with Crippen molar-refractivity contribution in [1.82, 2.24) is 14.9 Å². The average molecular weight is 388 g/mol. The molecule has 1 aromatic carbocycles. The SMILES string of the molecule is CC1CCc2c(sc3nc(CN(C)Cc4ccccc4Cl)[nH]c(=O)c23)C1. The number of aromatic amines is 1. The van der Waals surface area contributed by atoms with E-state index >= 15 is 0 Å². The molecule has 1 N–H and O–H groups in total. The Kier molecular flexibility index (Phi) is 4.86. The molecule has 0 saturated carbocycles. The summed E-state index contributed by atoms with van der Waals surface area (Å²) in [7, 11) is 2.01. The van der Waals surface area contributed by atoms with Gasteiger partial charge in [0.25, 0.3) is 5.56 Å². The van der Waals surface area contributed by atoms with Gasteiger partial charge in [0.2, 0.25) is 0 Å². The third-order valence-electron chi connectivity index (χ3n) is 5.03. The molecule has 0 saturated heterocycles. The van der Waals surface area contributed by atoms with Crippen LogP contribution in [0.25, 0.3) is 10.2 Å². The van der Waals surface area contributed by atoms with Crippen LogP contribution >= 0.6 is 22.9 Å². The van der Waals surface area contributed by atoms with Gasteiger partial charge in [-0.2, -0.15) is 0 Å². The Morgan fingerprint density at radius 3 is 2.96 bits per heavy atom. The normalized spacial score (nSPS) is 17.0. The highest BCUT2D eigenvalue weighted by atomic mass is 35.5. The summed E-state index contributed by atoms with van der Waals surface area (Å²) >= 11 is 7.94. The van der Waals surface area contributed by atoms with E-state index < -0.39 is 0 Å². The van der Waals surface area contributed by atoms with Crippen LogP contribution in [0.5, 0.6) is 0 Å². The monoisotopic (exact) mass is 387 g/mol. The molecular weight excluding hydrogens is 366 g/mol. The summed E-state index contributed by atoms with van der Waals surface area (Å²) in [4.78, 5) is 24.8. The summed E-state index contributed by atoms with van der Waals surface area (Å²) < 4.78 is 0. The second-order valence-electron chi connectivity index (χ2n) is 7.31. The third kappa shape index (κ3) is 3.43. The van der Waals surface area contributed by atoms with Crippen LogP contribution in [0.15, 0.2) is 29.1 Å². The summed E-state index contributed by atoms with van der Waals surface area (Å²) in [5.41, 5.74) is 2.30. The van der Waals surface area contributed by atoms with Crippen LogP contribution < -0.4 is 5.56 Å². The first-order valence-corrected chi connectivity index (χ1v) is 10.2. The standard InChI is InChI=1S/C20H22ClN3OS/c1-12-7-8-14-16(9-12)26-20-18(14)19(25)22-17(23-20)11-24(2)10-13-5-3-4-6-15(13)21/h3-6,12H,7-11H2,1-2H3,(H,22,23,25). The van der Waals surface area contributed by atoms with Gasteiger partial charge in [0.15, 0.2) is 0 Å². The number of fused-ring (bicyclic) bond motifs is 3. The molecule has 0 bridgehead atoms. The molecule has 1 unspecified atom stereocenters. The van der Waals surface area contributed by atoms with Crippen molar-refractivity contribution < 1.29 is 0 Å². The molecule has 0 amide bonds. The predicted octanol–water partition coefficient (Wildman–Crippen LogP) is 4.39. The molecule has 26 heavy (non-hydrogen) atoms. The minimum Gasteiger partial charge on any atom is -0.309 e. The van der Waals surface area contributed by atoms with Crippen LogP contribution in [0.3, 0.4) is 0 Å².